The molecular formula is C10H14ClN3O3. The highest BCUT2D eigenvalue weighted by Gasteiger charge is 2.09. The zero-order valence-electron chi connectivity index (χ0n) is 9.64. The monoisotopic (exact) mass is 259 g/mol. The van der Waals surface area contributed by atoms with E-state index in [0.717, 1.165) is 0 Å². The standard InChI is InChI=1S/C10H14ClN3O3/c1-7(6-17-2)13-8(15)5-14-4-3-12-9(11)10(14)16/h3-4,7H,5-6H2,1-2H3,(H,13,15). The third kappa shape index (κ3) is 4.16. The Balaban J connectivity index is 2.62. The average Bonchev–Trinajstić information content (AvgIpc) is 2.25. The number of nitrogens with zero attached hydrogens (tertiary/aromatic N) is 2. The maximum Gasteiger partial charge on any atom is 0.288 e. The van der Waals surface area contributed by atoms with E-state index >= 15 is 0 Å². The van der Waals surface area contributed by atoms with Crippen molar-refractivity contribution in [1.82, 2.24) is 14.9 Å². The predicted molar refractivity (Wildman–Crippen MR) is 63.0 cm³/mol. The van der Waals surface area contributed by atoms with Gasteiger partial charge >= 0.3 is 0 Å². The Labute approximate surface area is 104 Å². The number of methoxy groups -OCH3 is 1. The predicted octanol–water partition coefficient (Wildman–Crippen LogP) is 0.0478. The molecule has 1 aromatic heterocycles. The first-order valence-corrected chi connectivity index (χ1v) is 5.41. The number of aromatic nitrogens is 2. The van der Waals surface area contributed by atoms with Crippen molar-refractivity contribution in [2.45, 2.75) is 19.5 Å². The van der Waals surface area contributed by atoms with Crippen LogP contribution in [0.5, 0.6) is 0 Å². The van der Waals surface area contributed by atoms with Crippen molar-refractivity contribution in [2.75, 3.05) is 13.7 Å². The molecule has 6 nitrogen and oxygen atoms in total. The molecule has 0 fully saturated rings. The Hall–Kier alpha value is -1.40. The summed E-state index contributed by atoms with van der Waals surface area (Å²) in [6, 6.07) is -0.111. The fourth-order valence-corrected chi connectivity index (χ4v) is 1.48. The van der Waals surface area contributed by atoms with Crippen LogP contribution in [-0.2, 0) is 16.1 Å². The van der Waals surface area contributed by atoms with Gasteiger partial charge in [-0.2, -0.15) is 0 Å². The van der Waals surface area contributed by atoms with Crippen molar-refractivity contribution >= 4 is 17.5 Å². The van der Waals surface area contributed by atoms with Gasteiger partial charge in [0.1, 0.15) is 6.54 Å². The van der Waals surface area contributed by atoms with Gasteiger partial charge in [-0.3, -0.25) is 9.59 Å². The SMILES string of the molecule is COCC(C)NC(=O)Cn1ccnc(Cl)c1=O. The molecule has 1 N–H and O–H groups in total. The molecule has 0 bridgehead atoms. The fourth-order valence-electron chi connectivity index (χ4n) is 1.31. The molecule has 1 aromatic rings. The van der Waals surface area contributed by atoms with E-state index < -0.39 is 5.56 Å². The lowest BCUT2D eigenvalue weighted by Gasteiger charge is -2.13. The van der Waals surface area contributed by atoms with Crippen LogP contribution in [0, 0.1) is 0 Å². The minimum absolute atomic E-state index is 0.0882. The van der Waals surface area contributed by atoms with Gasteiger partial charge in [0.2, 0.25) is 5.91 Å². The normalized spacial score (nSPS) is 12.2. The van der Waals surface area contributed by atoms with E-state index in [1.807, 2.05) is 6.92 Å². The van der Waals surface area contributed by atoms with Crippen LogP contribution < -0.4 is 10.9 Å². The summed E-state index contributed by atoms with van der Waals surface area (Å²) >= 11 is 5.56. The van der Waals surface area contributed by atoms with Crippen LogP contribution >= 0.6 is 11.6 Å². The van der Waals surface area contributed by atoms with Gasteiger partial charge in [0.25, 0.3) is 5.56 Å². The second-order valence-electron chi connectivity index (χ2n) is 3.58. The number of carbonyl (C=O) groups is 1. The first-order chi connectivity index (χ1) is 8.04. The Morgan fingerprint density at radius 1 is 1.71 bits per heavy atom. The topological polar surface area (TPSA) is 73.2 Å². The lowest BCUT2D eigenvalue weighted by Crippen LogP contribution is -2.39. The Bertz CT molecular complexity index is 447. The highest BCUT2D eigenvalue weighted by atomic mass is 35.5. The lowest BCUT2D eigenvalue weighted by molar-refractivity contribution is -0.122. The Morgan fingerprint density at radius 3 is 3.06 bits per heavy atom. The first kappa shape index (κ1) is 13.7. The van der Waals surface area contributed by atoms with Crippen LogP contribution in [0.4, 0.5) is 0 Å². The molecule has 0 aliphatic heterocycles. The van der Waals surface area contributed by atoms with E-state index in [9.17, 15) is 9.59 Å². The van der Waals surface area contributed by atoms with Crippen LogP contribution in [0.25, 0.3) is 0 Å². The molecule has 17 heavy (non-hydrogen) atoms. The molecule has 1 heterocycles. The van der Waals surface area contributed by atoms with Crippen molar-refractivity contribution in [3.05, 3.63) is 27.9 Å². The quantitative estimate of drug-likeness (QED) is 0.811. The largest absolute Gasteiger partial charge is 0.383 e. The molecule has 1 atom stereocenters. The minimum Gasteiger partial charge on any atom is -0.383 e. The van der Waals surface area contributed by atoms with E-state index in [0.29, 0.717) is 6.61 Å². The van der Waals surface area contributed by atoms with Crippen molar-refractivity contribution in [2.24, 2.45) is 0 Å². The number of hydrogen-bond donors (Lipinski definition) is 1. The maximum absolute atomic E-state index is 11.6. The van der Waals surface area contributed by atoms with Gasteiger partial charge in [0.05, 0.1) is 6.61 Å². The molecule has 0 radical (unpaired) electrons. The van der Waals surface area contributed by atoms with Gasteiger partial charge in [-0.25, -0.2) is 4.98 Å². The highest BCUT2D eigenvalue weighted by molar-refractivity contribution is 6.29. The zero-order valence-corrected chi connectivity index (χ0v) is 10.4. The van der Waals surface area contributed by atoms with Gasteiger partial charge in [0.15, 0.2) is 5.15 Å². The number of ether oxygens (including phenoxy) is 1. The molecule has 1 unspecified atom stereocenters. The Morgan fingerprint density at radius 2 is 2.41 bits per heavy atom. The van der Waals surface area contributed by atoms with Crippen LogP contribution in [0.15, 0.2) is 17.2 Å². The van der Waals surface area contributed by atoms with Crippen molar-refractivity contribution in [1.29, 1.82) is 0 Å². The number of nitrogens with one attached hydrogen (secondary N) is 1. The lowest BCUT2D eigenvalue weighted by atomic mass is 10.3. The van der Waals surface area contributed by atoms with Gasteiger partial charge in [-0.05, 0) is 6.92 Å². The van der Waals surface area contributed by atoms with Crippen LogP contribution in [0.3, 0.4) is 0 Å². The molecule has 1 rings (SSSR count). The van der Waals surface area contributed by atoms with Crippen LogP contribution in [0.1, 0.15) is 6.92 Å². The third-order valence-corrected chi connectivity index (χ3v) is 2.27. The van der Waals surface area contributed by atoms with Crippen LogP contribution in [-0.4, -0.2) is 35.2 Å². The summed E-state index contributed by atoms with van der Waals surface area (Å²) in [5.41, 5.74) is -0.483. The maximum atomic E-state index is 11.6. The second kappa shape index (κ2) is 6.36. The number of hydrogen-bond acceptors (Lipinski definition) is 4. The van der Waals surface area contributed by atoms with Crippen molar-refractivity contribution < 1.29 is 9.53 Å². The van der Waals surface area contributed by atoms with Crippen molar-refractivity contribution in [3.63, 3.8) is 0 Å². The number of halogens is 1. The van der Waals surface area contributed by atoms with Gasteiger partial charge < -0.3 is 14.6 Å². The molecule has 0 saturated heterocycles. The highest BCUT2D eigenvalue weighted by Crippen LogP contribution is 1.93. The number of rotatable bonds is 5. The minimum atomic E-state index is -0.483. The van der Waals surface area contributed by atoms with E-state index in [2.05, 4.69) is 10.3 Å². The summed E-state index contributed by atoms with van der Waals surface area (Å²) in [5.74, 6) is -0.279. The molecule has 0 aromatic carbocycles. The molecule has 94 valence electrons. The smallest absolute Gasteiger partial charge is 0.288 e. The third-order valence-electron chi connectivity index (χ3n) is 2.01. The van der Waals surface area contributed by atoms with Crippen molar-refractivity contribution in [3.8, 4) is 0 Å². The van der Waals surface area contributed by atoms with Gasteiger partial charge in [-0.15, -0.1) is 0 Å². The van der Waals surface area contributed by atoms with Crippen LogP contribution in [0.2, 0.25) is 5.15 Å². The molecular weight excluding hydrogens is 246 g/mol. The van der Waals surface area contributed by atoms with E-state index in [4.69, 9.17) is 16.3 Å². The summed E-state index contributed by atoms with van der Waals surface area (Å²) in [5, 5.41) is 2.54. The molecule has 0 aliphatic rings. The molecule has 1 amide bonds. The molecule has 7 heteroatoms. The summed E-state index contributed by atoms with van der Waals surface area (Å²) in [6.45, 7) is 2.14. The average molecular weight is 260 g/mol. The number of amides is 1. The molecule has 0 spiro atoms. The fraction of sp³-hybridized carbons (Fsp3) is 0.500. The summed E-state index contributed by atoms with van der Waals surface area (Å²) in [4.78, 5) is 26.7. The van der Waals surface area contributed by atoms with Gasteiger partial charge in [0, 0.05) is 25.5 Å². The van der Waals surface area contributed by atoms with E-state index in [1.54, 1.807) is 7.11 Å². The molecule has 0 saturated carbocycles. The molecule has 0 aliphatic carbocycles. The van der Waals surface area contributed by atoms with Gasteiger partial charge in [-0.1, -0.05) is 11.6 Å². The Kier molecular flexibility index (Phi) is 5.11. The zero-order chi connectivity index (χ0) is 12.8. The summed E-state index contributed by atoms with van der Waals surface area (Å²) in [6.07, 6.45) is 2.78. The first-order valence-electron chi connectivity index (χ1n) is 5.04. The summed E-state index contributed by atoms with van der Waals surface area (Å²) < 4.78 is 6.08. The second-order valence-corrected chi connectivity index (χ2v) is 3.93. The van der Waals surface area contributed by atoms with E-state index in [1.165, 1.54) is 17.0 Å². The number of carbonyl (C=O) groups excluding carboxylic acids is 1. The van der Waals surface area contributed by atoms with E-state index in [-0.39, 0.29) is 23.6 Å². The summed E-state index contributed by atoms with van der Waals surface area (Å²) in [7, 11) is 1.55.